The number of carbonyl (C=O) groups excluding carboxylic acids is 1. The number of thioether (sulfide) groups is 1. The van der Waals surface area contributed by atoms with Gasteiger partial charge < -0.3 is 21.1 Å². The molecule has 4 rings (SSSR count). The van der Waals surface area contributed by atoms with E-state index in [-0.39, 0.29) is 11.4 Å². The number of anilines is 1. The summed E-state index contributed by atoms with van der Waals surface area (Å²) in [6.07, 6.45) is 3.82. The van der Waals surface area contributed by atoms with Gasteiger partial charge in [-0.3, -0.25) is 4.79 Å². The number of phenols is 1. The summed E-state index contributed by atoms with van der Waals surface area (Å²) in [5.41, 5.74) is 7.47. The lowest BCUT2D eigenvalue weighted by Crippen LogP contribution is -2.26. The molecule has 1 amide bonds. The average Bonchev–Trinajstić information content (AvgIpc) is 3.05. The first-order valence-corrected chi connectivity index (χ1v) is 9.59. The van der Waals surface area contributed by atoms with E-state index in [9.17, 15) is 9.90 Å². The summed E-state index contributed by atoms with van der Waals surface area (Å²) >= 11 is 1.92. The monoisotopic (exact) mass is 369 g/mol. The van der Waals surface area contributed by atoms with Crippen molar-refractivity contribution in [3.05, 3.63) is 36.2 Å². The molecule has 1 saturated heterocycles. The summed E-state index contributed by atoms with van der Waals surface area (Å²) in [7, 11) is 0. The highest BCUT2D eigenvalue weighted by atomic mass is 32.2. The van der Waals surface area contributed by atoms with E-state index in [0.29, 0.717) is 23.2 Å². The van der Waals surface area contributed by atoms with Crippen LogP contribution in [-0.4, -0.2) is 43.5 Å². The predicted molar refractivity (Wildman–Crippen MR) is 103 cm³/mol. The molecule has 134 valence electrons. The van der Waals surface area contributed by atoms with Crippen molar-refractivity contribution in [2.75, 3.05) is 16.8 Å². The largest absolute Gasteiger partial charge is 0.508 e. The van der Waals surface area contributed by atoms with Crippen molar-refractivity contribution < 1.29 is 9.90 Å². The number of aromatic nitrogens is 3. The lowest BCUT2D eigenvalue weighted by atomic mass is 10.2. The number of fused-ring (bicyclic) bond motifs is 1. The van der Waals surface area contributed by atoms with Gasteiger partial charge in [0.05, 0.1) is 11.9 Å². The number of hydrogen-bond acceptors (Lipinski definition) is 6. The van der Waals surface area contributed by atoms with Gasteiger partial charge in [-0.2, -0.15) is 11.8 Å². The van der Waals surface area contributed by atoms with Crippen LogP contribution in [0.5, 0.6) is 5.75 Å². The highest BCUT2D eigenvalue weighted by Gasteiger charge is 2.19. The lowest BCUT2D eigenvalue weighted by molar-refractivity contribution is 0.0996. The number of H-pyrrole nitrogens is 1. The van der Waals surface area contributed by atoms with Gasteiger partial charge in [-0.15, -0.1) is 0 Å². The summed E-state index contributed by atoms with van der Waals surface area (Å²) in [4.78, 5) is 23.9. The maximum Gasteiger partial charge on any atom is 0.269 e. The number of amides is 1. The van der Waals surface area contributed by atoms with E-state index >= 15 is 0 Å². The van der Waals surface area contributed by atoms with Gasteiger partial charge in [-0.05, 0) is 42.9 Å². The first kappa shape index (κ1) is 16.7. The number of primary amides is 1. The van der Waals surface area contributed by atoms with Gasteiger partial charge in [0.1, 0.15) is 17.3 Å². The summed E-state index contributed by atoms with van der Waals surface area (Å²) in [6, 6.07) is 7.18. The Morgan fingerprint density at radius 1 is 1.38 bits per heavy atom. The van der Waals surface area contributed by atoms with Crippen LogP contribution in [0.2, 0.25) is 0 Å². The number of carbonyl (C=O) groups is 1. The van der Waals surface area contributed by atoms with E-state index in [2.05, 4.69) is 20.3 Å². The number of nitrogens with one attached hydrogen (secondary N) is 2. The standard InChI is InChI=1S/C18H19N5O2S/c19-18(25)17-16(14-7-10-6-12(24)3-4-13(10)22-14)23-15(8-20-17)21-11-2-1-5-26-9-11/h3-4,6-8,11,22,24H,1-2,5,9H2,(H2,19,25)(H,21,23)/t11-/m0/s1. The van der Waals surface area contributed by atoms with Crippen molar-refractivity contribution >= 4 is 34.4 Å². The number of aromatic amines is 1. The Labute approximate surface area is 154 Å². The van der Waals surface area contributed by atoms with Crippen molar-refractivity contribution in [1.29, 1.82) is 0 Å². The molecule has 26 heavy (non-hydrogen) atoms. The molecule has 3 aromatic rings. The molecule has 2 aromatic heterocycles. The maximum absolute atomic E-state index is 11.8. The van der Waals surface area contributed by atoms with Crippen LogP contribution in [-0.2, 0) is 0 Å². The number of hydrogen-bond donors (Lipinski definition) is 4. The SMILES string of the molecule is NC(=O)c1ncc(N[C@H]2CCCSC2)nc1-c1cc2cc(O)ccc2[nH]1. The predicted octanol–water partition coefficient (Wildman–Crippen LogP) is 2.74. The Balaban J connectivity index is 1.73. The Bertz CT molecular complexity index is 965. The molecule has 0 aliphatic carbocycles. The van der Waals surface area contributed by atoms with Gasteiger partial charge in [0, 0.05) is 22.7 Å². The number of nitrogens with two attached hydrogens (primary N) is 1. The average molecular weight is 369 g/mol. The van der Waals surface area contributed by atoms with Gasteiger partial charge in [-0.25, -0.2) is 9.97 Å². The fraction of sp³-hybridized carbons (Fsp3) is 0.278. The molecule has 8 heteroatoms. The number of benzene rings is 1. The second-order valence-electron chi connectivity index (χ2n) is 6.33. The Morgan fingerprint density at radius 2 is 2.27 bits per heavy atom. The Morgan fingerprint density at radius 3 is 3.04 bits per heavy atom. The molecule has 1 atom stereocenters. The van der Waals surface area contributed by atoms with Crippen molar-refractivity contribution in [3.8, 4) is 17.1 Å². The van der Waals surface area contributed by atoms with E-state index in [0.717, 1.165) is 23.1 Å². The summed E-state index contributed by atoms with van der Waals surface area (Å²) < 4.78 is 0. The van der Waals surface area contributed by atoms with Crippen molar-refractivity contribution in [3.63, 3.8) is 0 Å². The molecule has 1 aliphatic heterocycles. The Kier molecular flexibility index (Phi) is 4.42. The molecule has 1 aliphatic rings. The van der Waals surface area contributed by atoms with Gasteiger partial charge >= 0.3 is 0 Å². The smallest absolute Gasteiger partial charge is 0.269 e. The minimum Gasteiger partial charge on any atom is -0.508 e. The van der Waals surface area contributed by atoms with E-state index in [1.165, 1.54) is 12.2 Å². The van der Waals surface area contributed by atoms with Gasteiger partial charge in [0.25, 0.3) is 5.91 Å². The number of nitrogens with zero attached hydrogens (tertiary/aromatic N) is 2. The quantitative estimate of drug-likeness (QED) is 0.562. The highest BCUT2D eigenvalue weighted by Crippen LogP contribution is 2.28. The fourth-order valence-electron chi connectivity index (χ4n) is 3.14. The van der Waals surface area contributed by atoms with Crippen LogP contribution < -0.4 is 11.1 Å². The molecule has 3 heterocycles. The summed E-state index contributed by atoms with van der Waals surface area (Å²) in [6.45, 7) is 0. The molecular weight excluding hydrogens is 350 g/mol. The third-order valence-corrected chi connectivity index (χ3v) is 5.59. The molecule has 0 bridgehead atoms. The van der Waals surface area contributed by atoms with Gasteiger partial charge in [0.2, 0.25) is 0 Å². The molecule has 0 radical (unpaired) electrons. The fourth-order valence-corrected chi connectivity index (χ4v) is 4.21. The van der Waals surface area contributed by atoms with E-state index < -0.39 is 5.91 Å². The van der Waals surface area contributed by atoms with E-state index in [1.807, 2.05) is 17.8 Å². The molecule has 0 spiro atoms. The lowest BCUT2D eigenvalue weighted by Gasteiger charge is -2.23. The minimum atomic E-state index is -0.631. The summed E-state index contributed by atoms with van der Waals surface area (Å²) in [5.74, 6) is 2.39. The zero-order valence-electron chi connectivity index (χ0n) is 14.0. The second kappa shape index (κ2) is 6.87. The molecular formula is C18H19N5O2S. The molecule has 0 unspecified atom stereocenters. The topological polar surface area (TPSA) is 117 Å². The van der Waals surface area contributed by atoms with Crippen LogP contribution in [0.25, 0.3) is 22.3 Å². The van der Waals surface area contributed by atoms with Crippen LogP contribution in [0.1, 0.15) is 23.3 Å². The van der Waals surface area contributed by atoms with Gasteiger partial charge in [0.15, 0.2) is 5.69 Å². The molecule has 0 saturated carbocycles. The van der Waals surface area contributed by atoms with Crippen LogP contribution in [0.3, 0.4) is 0 Å². The number of aromatic hydroxyl groups is 1. The third-order valence-electron chi connectivity index (χ3n) is 4.38. The first-order chi connectivity index (χ1) is 12.6. The first-order valence-electron chi connectivity index (χ1n) is 8.43. The van der Waals surface area contributed by atoms with E-state index in [4.69, 9.17) is 5.73 Å². The number of rotatable bonds is 4. The summed E-state index contributed by atoms with van der Waals surface area (Å²) in [5, 5.41) is 13.9. The van der Waals surface area contributed by atoms with Crippen molar-refractivity contribution in [2.24, 2.45) is 5.73 Å². The van der Waals surface area contributed by atoms with Crippen LogP contribution in [0.4, 0.5) is 5.82 Å². The van der Waals surface area contributed by atoms with Crippen molar-refractivity contribution in [2.45, 2.75) is 18.9 Å². The zero-order valence-corrected chi connectivity index (χ0v) is 14.8. The minimum absolute atomic E-state index is 0.115. The molecule has 1 fully saturated rings. The van der Waals surface area contributed by atoms with Crippen LogP contribution >= 0.6 is 11.8 Å². The van der Waals surface area contributed by atoms with E-state index in [1.54, 1.807) is 24.4 Å². The van der Waals surface area contributed by atoms with Crippen molar-refractivity contribution in [1.82, 2.24) is 15.0 Å². The molecule has 1 aromatic carbocycles. The maximum atomic E-state index is 11.8. The Hall–Kier alpha value is -2.74. The molecule has 7 nitrogen and oxygen atoms in total. The van der Waals surface area contributed by atoms with Crippen LogP contribution in [0.15, 0.2) is 30.5 Å². The van der Waals surface area contributed by atoms with Gasteiger partial charge in [-0.1, -0.05) is 0 Å². The number of phenolic OH excluding ortho intramolecular Hbond substituents is 1. The zero-order chi connectivity index (χ0) is 18.1. The van der Waals surface area contributed by atoms with Crippen LogP contribution in [0, 0.1) is 0 Å². The highest BCUT2D eigenvalue weighted by molar-refractivity contribution is 7.99. The second-order valence-corrected chi connectivity index (χ2v) is 7.48. The normalized spacial score (nSPS) is 17.3. The molecule has 5 N–H and O–H groups in total. The third kappa shape index (κ3) is 3.32.